The van der Waals surface area contributed by atoms with Gasteiger partial charge in [-0.3, -0.25) is 0 Å². The average Bonchev–Trinajstić information content (AvgIpc) is 2.48. The Labute approximate surface area is 100 Å². The molecule has 6 nitrogen and oxygen atoms in total. The van der Waals surface area contributed by atoms with Crippen LogP contribution in [0.1, 0.15) is 27.7 Å². The first-order valence-electron chi connectivity index (χ1n) is 5.00. The predicted molar refractivity (Wildman–Crippen MR) is 61.5 cm³/mol. The zero-order chi connectivity index (χ0) is 12.4. The molecular formula is C9H18N4O2S. The van der Waals surface area contributed by atoms with Crippen molar-refractivity contribution in [1.82, 2.24) is 20.2 Å². The van der Waals surface area contributed by atoms with Gasteiger partial charge in [-0.2, -0.15) is 0 Å². The number of aliphatic hydroxyl groups is 1. The van der Waals surface area contributed by atoms with Gasteiger partial charge in [-0.05, 0) is 38.1 Å². The van der Waals surface area contributed by atoms with E-state index in [0.29, 0.717) is 11.8 Å². The molecule has 1 aromatic rings. The normalized spacial score (nSPS) is 13.1. The summed E-state index contributed by atoms with van der Waals surface area (Å²) in [5, 5.41) is 21.0. The second-order valence-electron chi connectivity index (χ2n) is 5.01. The van der Waals surface area contributed by atoms with E-state index >= 15 is 0 Å². The second kappa shape index (κ2) is 4.68. The third-order valence-electron chi connectivity index (χ3n) is 1.94. The quantitative estimate of drug-likeness (QED) is 0.739. The largest absolute Gasteiger partial charge is 0.388 e. The fourth-order valence-electron chi connectivity index (χ4n) is 1.19. The van der Waals surface area contributed by atoms with Crippen LogP contribution in [0.15, 0.2) is 5.16 Å². The SMILES string of the molecule is CC(C)(O)COCC(C)(C)n1nnnc1S. The van der Waals surface area contributed by atoms with Crippen LogP contribution in [0.5, 0.6) is 0 Å². The molecule has 92 valence electrons. The molecule has 0 atom stereocenters. The van der Waals surface area contributed by atoms with Crippen molar-refractivity contribution in [2.45, 2.75) is 44.0 Å². The van der Waals surface area contributed by atoms with E-state index < -0.39 is 11.1 Å². The Bertz CT molecular complexity index is 346. The molecule has 0 spiro atoms. The van der Waals surface area contributed by atoms with E-state index in [0.717, 1.165) is 0 Å². The van der Waals surface area contributed by atoms with Crippen molar-refractivity contribution in [2.24, 2.45) is 0 Å². The van der Waals surface area contributed by atoms with Crippen molar-refractivity contribution in [3.05, 3.63) is 0 Å². The molecule has 0 radical (unpaired) electrons. The fraction of sp³-hybridized carbons (Fsp3) is 0.889. The van der Waals surface area contributed by atoms with Gasteiger partial charge in [0.1, 0.15) is 0 Å². The van der Waals surface area contributed by atoms with Gasteiger partial charge in [0.2, 0.25) is 5.16 Å². The average molecular weight is 246 g/mol. The number of hydrogen-bond donors (Lipinski definition) is 2. The fourth-order valence-corrected chi connectivity index (χ4v) is 1.54. The van der Waals surface area contributed by atoms with E-state index in [-0.39, 0.29) is 6.61 Å². The highest BCUT2D eigenvalue weighted by molar-refractivity contribution is 7.80. The Balaban J connectivity index is 2.56. The number of ether oxygens (including phenoxy) is 1. The Morgan fingerprint density at radius 2 is 1.94 bits per heavy atom. The summed E-state index contributed by atoms with van der Waals surface area (Å²) in [5.41, 5.74) is -1.23. The lowest BCUT2D eigenvalue weighted by Crippen LogP contribution is -2.36. The standard InChI is InChI=1S/C9H18N4O2S/c1-8(2,5-15-6-9(3,4)14)13-7(16)10-11-12-13/h14H,5-6H2,1-4H3,(H,10,12,16). The Kier molecular flexibility index (Phi) is 3.92. The van der Waals surface area contributed by atoms with E-state index in [1.807, 2.05) is 13.8 Å². The number of rotatable bonds is 5. The van der Waals surface area contributed by atoms with Gasteiger partial charge in [0.25, 0.3) is 0 Å². The molecule has 1 N–H and O–H groups in total. The van der Waals surface area contributed by atoms with Crippen LogP contribution in [-0.2, 0) is 10.3 Å². The van der Waals surface area contributed by atoms with E-state index in [9.17, 15) is 5.11 Å². The molecule has 1 heterocycles. The van der Waals surface area contributed by atoms with E-state index in [1.165, 1.54) is 0 Å². The van der Waals surface area contributed by atoms with E-state index in [1.54, 1.807) is 18.5 Å². The number of thiol groups is 1. The second-order valence-corrected chi connectivity index (χ2v) is 5.41. The smallest absolute Gasteiger partial charge is 0.206 e. The highest BCUT2D eigenvalue weighted by Crippen LogP contribution is 2.17. The summed E-state index contributed by atoms with van der Waals surface area (Å²) in [5.74, 6) is 0. The zero-order valence-corrected chi connectivity index (χ0v) is 10.9. The molecule has 1 rings (SSSR count). The molecular weight excluding hydrogens is 228 g/mol. The summed E-state index contributed by atoms with van der Waals surface area (Å²) >= 11 is 4.14. The van der Waals surface area contributed by atoms with Crippen molar-refractivity contribution >= 4 is 12.6 Å². The van der Waals surface area contributed by atoms with Gasteiger partial charge in [-0.25, -0.2) is 4.68 Å². The number of tetrazole rings is 1. The zero-order valence-electron chi connectivity index (χ0n) is 10.0. The predicted octanol–water partition coefficient (Wildman–Crippen LogP) is 0.484. The highest BCUT2D eigenvalue weighted by atomic mass is 32.1. The first-order chi connectivity index (χ1) is 7.22. The maximum Gasteiger partial charge on any atom is 0.206 e. The van der Waals surface area contributed by atoms with Crippen molar-refractivity contribution in [3.63, 3.8) is 0 Å². The van der Waals surface area contributed by atoms with E-state index in [4.69, 9.17) is 4.74 Å². The summed E-state index contributed by atoms with van der Waals surface area (Å²) in [6, 6.07) is 0. The van der Waals surface area contributed by atoms with Gasteiger partial charge in [-0.15, -0.1) is 17.7 Å². The van der Waals surface area contributed by atoms with Gasteiger partial charge in [0.05, 0.1) is 24.4 Å². The minimum absolute atomic E-state index is 0.264. The van der Waals surface area contributed by atoms with Crippen LogP contribution < -0.4 is 0 Å². The minimum Gasteiger partial charge on any atom is -0.388 e. The minimum atomic E-state index is -0.833. The van der Waals surface area contributed by atoms with Gasteiger partial charge in [0.15, 0.2) is 0 Å². The molecule has 0 bridgehead atoms. The van der Waals surface area contributed by atoms with Gasteiger partial charge < -0.3 is 9.84 Å². The Hall–Kier alpha value is -0.660. The molecule has 0 saturated carbocycles. The highest BCUT2D eigenvalue weighted by Gasteiger charge is 2.25. The van der Waals surface area contributed by atoms with Crippen LogP contribution in [0.2, 0.25) is 0 Å². The molecule has 0 saturated heterocycles. The van der Waals surface area contributed by atoms with Crippen LogP contribution in [0.3, 0.4) is 0 Å². The third kappa shape index (κ3) is 3.73. The van der Waals surface area contributed by atoms with Gasteiger partial charge in [0, 0.05) is 0 Å². The first kappa shape index (κ1) is 13.4. The van der Waals surface area contributed by atoms with E-state index in [2.05, 4.69) is 28.2 Å². The molecule has 0 fully saturated rings. The van der Waals surface area contributed by atoms with Crippen LogP contribution in [0.4, 0.5) is 0 Å². The molecule has 0 unspecified atom stereocenters. The maximum atomic E-state index is 9.51. The molecule has 0 amide bonds. The van der Waals surface area contributed by atoms with Crippen LogP contribution in [0, 0.1) is 0 Å². The summed E-state index contributed by atoms with van der Waals surface area (Å²) in [4.78, 5) is 0. The summed E-state index contributed by atoms with van der Waals surface area (Å²) in [6.07, 6.45) is 0. The van der Waals surface area contributed by atoms with Crippen LogP contribution >= 0.6 is 12.6 Å². The lowest BCUT2D eigenvalue weighted by atomic mass is 10.1. The molecule has 16 heavy (non-hydrogen) atoms. The van der Waals surface area contributed by atoms with Crippen molar-refractivity contribution in [3.8, 4) is 0 Å². The molecule has 7 heteroatoms. The van der Waals surface area contributed by atoms with Crippen LogP contribution in [0.25, 0.3) is 0 Å². The molecule has 0 aliphatic carbocycles. The monoisotopic (exact) mass is 246 g/mol. The summed E-state index contributed by atoms with van der Waals surface area (Å²) in [7, 11) is 0. The molecule has 0 aliphatic heterocycles. The Morgan fingerprint density at radius 3 is 2.38 bits per heavy atom. The van der Waals surface area contributed by atoms with Crippen LogP contribution in [-0.4, -0.2) is 44.1 Å². The third-order valence-corrected chi connectivity index (χ3v) is 2.22. The summed E-state index contributed by atoms with van der Waals surface area (Å²) in [6.45, 7) is 7.93. The van der Waals surface area contributed by atoms with Gasteiger partial charge >= 0.3 is 0 Å². The van der Waals surface area contributed by atoms with Crippen molar-refractivity contribution in [1.29, 1.82) is 0 Å². The number of aromatic nitrogens is 4. The number of hydrogen-bond acceptors (Lipinski definition) is 6. The maximum absolute atomic E-state index is 9.51. The molecule has 0 aliphatic rings. The Morgan fingerprint density at radius 1 is 1.31 bits per heavy atom. The molecule has 1 aromatic heterocycles. The van der Waals surface area contributed by atoms with Gasteiger partial charge in [-0.1, -0.05) is 0 Å². The molecule has 0 aromatic carbocycles. The van der Waals surface area contributed by atoms with Crippen molar-refractivity contribution < 1.29 is 9.84 Å². The first-order valence-corrected chi connectivity index (χ1v) is 5.45. The van der Waals surface area contributed by atoms with Crippen molar-refractivity contribution in [2.75, 3.05) is 13.2 Å². The summed E-state index contributed by atoms with van der Waals surface area (Å²) < 4.78 is 7.03. The topological polar surface area (TPSA) is 73.1 Å². The number of nitrogens with zero attached hydrogens (tertiary/aromatic N) is 4. The lowest BCUT2D eigenvalue weighted by molar-refractivity contribution is -0.0429. The lowest BCUT2D eigenvalue weighted by Gasteiger charge is -2.26.